The molecule has 80 valence electrons. The molecule has 1 aromatic heterocycles. The van der Waals surface area contributed by atoms with E-state index in [1.807, 2.05) is 23.1 Å². The molecule has 0 bridgehead atoms. The summed E-state index contributed by atoms with van der Waals surface area (Å²) in [6.07, 6.45) is 0. The van der Waals surface area contributed by atoms with Crippen molar-refractivity contribution in [3.63, 3.8) is 0 Å². The Labute approximate surface area is 99.7 Å². The number of hydrogen-bond donors (Lipinski definition) is 0. The number of aryl methyl sites for hydroxylation is 1. The summed E-state index contributed by atoms with van der Waals surface area (Å²) in [6.45, 7) is 6.72. The fourth-order valence-electron chi connectivity index (χ4n) is 1.71. The summed E-state index contributed by atoms with van der Waals surface area (Å²) < 4.78 is 1.43. The number of hydrogen-bond acceptors (Lipinski definition) is 2. The van der Waals surface area contributed by atoms with Crippen molar-refractivity contribution in [2.75, 3.05) is 0 Å². The van der Waals surface area contributed by atoms with E-state index in [2.05, 4.69) is 44.4 Å². The largest absolute Gasteiger partial charge is 0.154 e. The molecule has 0 aliphatic carbocycles. The van der Waals surface area contributed by atoms with Crippen molar-refractivity contribution in [3.8, 4) is 0 Å². The van der Waals surface area contributed by atoms with Crippen molar-refractivity contribution in [3.05, 3.63) is 34.7 Å². The first-order chi connectivity index (χ1) is 7.18. The molecule has 1 heterocycles. The molecule has 1 aromatic carbocycles. The lowest BCUT2D eigenvalue weighted by Crippen LogP contribution is -1.88. The second kappa shape index (κ2) is 4.58. The van der Waals surface area contributed by atoms with Crippen LogP contribution in [0.15, 0.2) is 23.6 Å². The Morgan fingerprint density at radius 1 is 1.33 bits per heavy atom. The molecule has 15 heavy (non-hydrogen) atoms. The number of fused-ring (bicyclic) bond motifs is 1. The van der Waals surface area contributed by atoms with Crippen LogP contribution in [0.25, 0.3) is 10.1 Å². The minimum atomic E-state index is 0.712. The fourth-order valence-corrected chi connectivity index (χ4v) is 3.59. The topological polar surface area (TPSA) is 0 Å². The molecule has 0 nitrogen and oxygen atoms in total. The number of thiophene rings is 1. The fraction of sp³-hybridized carbons (Fsp3) is 0.385. The van der Waals surface area contributed by atoms with Crippen LogP contribution in [0.3, 0.4) is 0 Å². The predicted molar refractivity (Wildman–Crippen MR) is 73.0 cm³/mol. The quantitative estimate of drug-likeness (QED) is 0.734. The lowest BCUT2D eigenvalue weighted by atomic mass is 10.1. The van der Waals surface area contributed by atoms with Gasteiger partial charge in [0.05, 0.1) is 0 Å². The van der Waals surface area contributed by atoms with Gasteiger partial charge in [0, 0.05) is 10.5 Å². The Morgan fingerprint density at radius 2 is 2.13 bits per heavy atom. The molecule has 0 atom stereocenters. The Balaban J connectivity index is 2.35. The van der Waals surface area contributed by atoms with E-state index in [9.17, 15) is 0 Å². The predicted octanol–water partition coefficient (Wildman–Crippen LogP) is 4.85. The molecule has 2 rings (SSSR count). The Morgan fingerprint density at radius 3 is 2.87 bits per heavy atom. The third-order valence-corrected chi connectivity index (χ3v) is 4.60. The van der Waals surface area contributed by atoms with Gasteiger partial charge in [0.25, 0.3) is 0 Å². The van der Waals surface area contributed by atoms with Crippen LogP contribution < -0.4 is 0 Å². The summed E-state index contributed by atoms with van der Waals surface area (Å²) in [6, 6.07) is 6.57. The standard InChI is InChI=1S/C13H16S2/c1-9(2)14-7-11-8-15-12-6-4-5-10(3)13(11)12/h4-6,8-9H,7H2,1-3H3. The van der Waals surface area contributed by atoms with Crippen molar-refractivity contribution in [1.82, 2.24) is 0 Å². The Kier molecular flexibility index (Phi) is 3.37. The van der Waals surface area contributed by atoms with Crippen LogP contribution in [0.2, 0.25) is 0 Å². The third kappa shape index (κ3) is 2.37. The van der Waals surface area contributed by atoms with E-state index >= 15 is 0 Å². The van der Waals surface area contributed by atoms with Gasteiger partial charge in [-0.3, -0.25) is 0 Å². The number of benzene rings is 1. The monoisotopic (exact) mass is 236 g/mol. The molecule has 0 spiro atoms. The van der Waals surface area contributed by atoms with Crippen molar-refractivity contribution >= 4 is 33.2 Å². The summed E-state index contributed by atoms with van der Waals surface area (Å²) in [5, 5.41) is 4.51. The van der Waals surface area contributed by atoms with Crippen LogP contribution in [0.1, 0.15) is 25.0 Å². The highest BCUT2D eigenvalue weighted by atomic mass is 32.2. The van der Waals surface area contributed by atoms with E-state index in [0.29, 0.717) is 5.25 Å². The second-order valence-electron chi connectivity index (χ2n) is 4.07. The zero-order valence-corrected chi connectivity index (χ0v) is 11.0. The summed E-state index contributed by atoms with van der Waals surface area (Å²) in [7, 11) is 0. The zero-order valence-electron chi connectivity index (χ0n) is 9.41. The Hall–Kier alpha value is -0.470. The molecule has 0 saturated carbocycles. The first-order valence-electron chi connectivity index (χ1n) is 5.26. The van der Waals surface area contributed by atoms with Crippen molar-refractivity contribution < 1.29 is 0 Å². The highest BCUT2D eigenvalue weighted by molar-refractivity contribution is 7.99. The van der Waals surface area contributed by atoms with Crippen LogP contribution in [0, 0.1) is 6.92 Å². The minimum Gasteiger partial charge on any atom is -0.154 e. The van der Waals surface area contributed by atoms with Crippen molar-refractivity contribution in [2.24, 2.45) is 0 Å². The maximum atomic E-state index is 2.31. The maximum absolute atomic E-state index is 2.31. The highest BCUT2D eigenvalue weighted by Gasteiger charge is 2.06. The minimum absolute atomic E-state index is 0.712. The van der Waals surface area contributed by atoms with Crippen molar-refractivity contribution in [1.29, 1.82) is 0 Å². The van der Waals surface area contributed by atoms with E-state index in [1.54, 1.807) is 0 Å². The third-order valence-electron chi connectivity index (χ3n) is 2.46. The average Bonchev–Trinajstić information content (AvgIpc) is 2.59. The maximum Gasteiger partial charge on any atom is 0.0348 e. The number of thioether (sulfide) groups is 1. The van der Waals surface area contributed by atoms with E-state index < -0.39 is 0 Å². The average molecular weight is 236 g/mol. The highest BCUT2D eigenvalue weighted by Crippen LogP contribution is 2.31. The molecule has 0 N–H and O–H groups in total. The van der Waals surface area contributed by atoms with Gasteiger partial charge in [0.2, 0.25) is 0 Å². The van der Waals surface area contributed by atoms with E-state index in [-0.39, 0.29) is 0 Å². The van der Waals surface area contributed by atoms with E-state index in [0.717, 1.165) is 5.75 Å². The molecule has 0 aliphatic heterocycles. The Bertz CT molecular complexity index is 455. The van der Waals surface area contributed by atoms with Gasteiger partial charge in [-0.25, -0.2) is 0 Å². The van der Waals surface area contributed by atoms with Crippen LogP contribution in [0.5, 0.6) is 0 Å². The molecule has 0 unspecified atom stereocenters. The van der Waals surface area contributed by atoms with Gasteiger partial charge >= 0.3 is 0 Å². The van der Waals surface area contributed by atoms with Crippen molar-refractivity contribution in [2.45, 2.75) is 31.8 Å². The normalized spacial score (nSPS) is 11.5. The van der Waals surface area contributed by atoms with Crippen LogP contribution in [-0.4, -0.2) is 5.25 Å². The molecule has 0 amide bonds. The zero-order chi connectivity index (χ0) is 10.8. The summed E-state index contributed by atoms with van der Waals surface area (Å²) in [5.74, 6) is 1.14. The van der Waals surface area contributed by atoms with E-state index in [1.165, 1.54) is 21.2 Å². The molecule has 2 heteroatoms. The van der Waals surface area contributed by atoms with Gasteiger partial charge in [-0.1, -0.05) is 26.0 Å². The van der Waals surface area contributed by atoms with Gasteiger partial charge in [-0.05, 0) is 40.1 Å². The summed E-state index contributed by atoms with van der Waals surface area (Å²) in [4.78, 5) is 0. The molecule has 0 aliphatic rings. The molecular formula is C13H16S2. The lowest BCUT2D eigenvalue weighted by Gasteiger charge is -2.04. The van der Waals surface area contributed by atoms with Crippen LogP contribution >= 0.6 is 23.1 Å². The van der Waals surface area contributed by atoms with Crippen LogP contribution in [-0.2, 0) is 5.75 Å². The van der Waals surface area contributed by atoms with Gasteiger partial charge in [-0.15, -0.1) is 11.3 Å². The molecule has 0 fully saturated rings. The van der Waals surface area contributed by atoms with Gasteiger partial charge in [0.1, 0.15) is 0 Å². The van der Waals surface area contributed by atoms with Crippen LogP contribution in [0.4, 0.5) is 0 Å². The molecule has 0 saturated heterocycles. The summed E-state index contributed by atoms with van der Waals surface area (Å²) >= 11 is 3.89. The summed E-state index contributed by atoms with van der Waals surface area (Å²) in [5.41, 5.74) is 2.92. The SMILES string of the molecule is Cc1cccc2scc(CSC(C)C)c12. The first kappa shape index (κ1) is 11.0. The van der Waals surface area contributed by atoms with Gasteiger partial charge in [0.15, 0.2) is 0 Å². The van der Waals surface area contributed by atoms with Gasteiger partial charge < -0.3 is 0 Å². The molecule has 2 aromatic rings. The van der Waals surface area contributed by atoms with Gasteiger partial charge in [-0.2, -0.15) is 11.8 Å². The second-order valence-corrected chi connectivity index (χ2v) is 6.54. The lowest BCUT2D eigenvalue weighted by molar-refractivity contribution is 1.11. The smallest absolute Gasteiger partial charge is 0.0348 e. The molecule has 0 radical (unpaired) electrons. The molecular weight excluding hydrogens is 220 g/mol. The number of rotatable bonds is 3. The first-order valence-corrected chi connectivity index (χ1v) is 7.18. The van der Waals surface area contributed by atoms with E-state index in [4.69, 9.17) is 0 Å².